The maximum absolute atomic E-state index is 17.2. The summed E-state index contributed by atoms with van der Waals surface area (Å²) in [5, 5.41) is 22.2. The Morgan fingerprint density at radius 2 is 1.87 bits per heavy atom. The number of ether oxygens (including phenoxy) is 3. The smallest absolute Gasteiger partial charge is 0.319 e. The predicted octanol–water partition coefficient (Wildman–Crippen LogP) is 7.45. The highest BCUT2D eigenvalue weighted by molar-refractivity contribution is 6.01. The topological polar surface area (TPSA) is 113 Å². The standard InChI is InChI=1S/C42H56FN5O5/c1-5-15-47(17-19-51-20-18-49)40-34-25-44-38(33-24-32(50)23-30-11-7-10-29(6-2)36(30)33)37(43)39(34)45-41(46-40)52-26-42-13-8-12-35(42)48(16-9-14-42)31-21-27(3)53-28(4)22-31/h7,10-11,23-25,27-28,31,35,49-50H,5-6,8-9,12-22,26H2,1-4H3. The van der Waals surface area contributed by atoms with E-state index in [1.54, 1.807) is 18.3 Å². The normalized spacial score (nSPS) is 24.9. The van der Waals surface area contributed by atoms with Gasteiger partial charge in [-0.3, -0.25) is 9.88 Å². The number of piperidine rings is 1. The Bertz CT molecular complexity index is 1880. The molecule has 10 nitrogen and oxygen atoms in total. The highest BCUT2D eigenvalue weighted by atomic mass is 19.1. The van der Waals surface area contributed by atoms with E-state index >= 15 is 4.39 Å². The summed E-state index contributed by atoms with van der Waals surface area (Å²) in [6.07, 6.45) is 11.4. The number of pyridine rings is 1. The fourth-order valence-corrected chi connectivity index (χ4v) is 9.65. The number of anilines is 1. The number of aliphatic hydroxyl groups is 1. The number of hydrogen-bond acceptors (Lipinski definition) is 10. The lowest BCUT2D eigenvalue weighted by Gasteiger charge is -2.51. The van der Waals surface area contributed by atoms with Crippen LogP contribution in [0.15, 0.2) is 36.5 Å². The molecule has 2 aromatic carbocycles. The van der Waals surface area contributed by atoms with Gasteiger partial charge in [-0.2, -0.15) is 9.97 Å². The van der Waals surface area contributed by atoms with E-state index in [1.807, 2.05) is 18.2 Å². The van der Waals surface area contributed by atoms with E-state index in [-0.39, 0.29) is 53.8 Å². The third kappa shape index (κ3) is 7.68. The summed E-state index contributed by atoms with van der Waals surface area (Å²) in [5.74, 6) is 0.0108. The monoisotopic (exact) mass is 729 g/mol. The van der Waals surface area contributed by atoms with Gasteiger partial charge in [0.2, 0.25) is 0 Å². The maximum atomic E-state index is 17.2. The number of likely N-dealkylation sites (tertiary alicyclic amines) is 1. The summed E-state index contributed by atoms with van der Waals surface area (Å²) in [6.45, 7) is 11.8. The van der Waals surface area contributed by atoms with Crippen LogP contribution in [0.25, 0.3) is 32.9 Å². The molecule has 0 bridgehead atoms. The van der Waals surface area contributed by atoms with Gasteiger partial charge >= 0.3 is 6.01 Å². The summed E-state index contributed by atoms with van der Waals surface area (Å²) >= 11 is 0. The Morgan fingerprint density at radius 3 is 2.64 bits per heavy atom. The highest BCUT2D eigenvalue weighted by Gasteiger charge is 2.50. The molecule has 286 valence electrons. The number of benzene rings is 2. The van der Waals surface area contributed by atoms with E-state index in [0.29, 0.717) is 55.2 Å². The first-order valence-corrected chi connectivity index (χ1v) is 19.8. The Morgan fingerprint density at radius 1 is 1.06 bits per heavy atom. The second-order valence-corrected chi connectivity index (χ2v) is 15.5. The van der Waals surface area contributed by atoms with Crippen LogP contribution in [0, 0.1) is 11.2 Å². The second-order valence-electron chi connectivity index (χ2n) is 15.5. The molecule has 2 aromatic heterocycles. The van der Waals surface area contributed by atoms with E-state index in [4.69, 9.17) is 29.2 Å². The quantitative estimate of drug-likeness (QED) is 0.127. The SMILES string of the molecule is CCCN(CCOCCO)c1nc(OCC23CCCC2N(C2CC(C)OC(C)C2)CCC3)nc2c(F)c(-c3cc(O)cc4cccc(CC)c34)ncc12. The fraction of sp³-hybridized carbons (Fsp3) is 0.595. The van der Waals surface area contributed by atoms with Crippen LogP contribution in [0.4, 0.5) is 10.2 Å². The van der Waals surface area contributed by atoms with Crippen LogP contribution >= 0.6 is 0 Å². The third-order valence-electron chi connectivity index (χ3n) is 11.8. The van der Waals surface area contributed by atoms with E-state index in [9.17, 15) is 10.2 Å². The minimum absolute atomic E-state index is 0.0261. The van der Waals surface area contributed by atoms with Crippen LogP contribution in [0.1, 0.15) is 84.6 Å². The van der Waals surface area contributed by atoms with Crippen molar-refractivity contribution in [1.29, 1.82) is 0 Å². The van der Waals surface area contributed by atoms with E-state index in [2.05, 4.69) is 37.5 Å². The van der Waals surface area contributed by atoms with Gasteiger partial charge < -0.3 is 29.3 Å². The molecule has 2 saturated heterocycles. The van der Waals surface area contributed by atoms with Crippen molar-refractivity contribution >= 4 is 27.5 Å². The summed E-state index contributed by atoms with van der Waals surface area (Å²) in [7, 11) is 0. The van der Waals surface area contributed by atoms with Gasteiger partial charge in [-0.05, 0) is 100 Å². The first-order chi connectivity index (χ1) is 25.7. The summed E-state index contributed by atoms with van der Waals surface area (Å²) in [6, 6.07) is 10.3. The maximum Gasteiger partial charge on any atom is 0.319 e. The lowest BCUT2D eigenvalue weighted by Crippen LogP contribution is -2.57. The van der Waals surface area contributed by atoms with Crippen LogP contribution in [-0.4, -0.2) is 100 Å². The molecule has 0 amide bonds. The number of rotatable bonds is 14. The molecule has 2 aliphatic heterocycles. The molecular weight excluding hydrogens is 673 g/mol. The van der Waals surface area contributed by atoms with Crippen molar-refractivity contribution in [3.8, 4) is 23.0 Å². The molecule has 4 unspecified atom stereocenters. The number of nitrogens with zero attached hydrogens (tertiary/aromatic N) is 5. The molecule has 11 heteroatoms. The van der Waals surface area contributed by atoms with Gasteiger partial charge in [-0.15, -0.1) is 0 Å². The van der Waals surface area contributed by atoms with Gasteiger partial charge in [0.15, 0.2) is 5.82 Å². The molecule has 0 spiro atoms. The van der Waals surface area contributed by atoms with Crippen LogP contribution < -0.4 is 9.64 Å². The summed E-state index contributed by atoms with van der Waals surface area (Å²) < 4.78 is 35.6. The highest BCUT2D eigenvalue weighted by Crippen LogP contribution is 2.50. The van der Waals surface area contributed by atoms with Gasteiger partial charge in [0.05, 0.1) is 44.0 Å². The molecule has 3 fully saturated rings. The van der Waals surface area contributed by atoms with Crippen molar-refractivity contribution in [2.75, 3.05) is 51.0 Å². The second kappa shape index (κ2) is 16.4. The Labute approximate surface area is 312 Å². The van der Waals surface area contributed by atoms with Crippen molar-refractivity contribution in [3.63, 3.8) is 0 Å². The summed E-state index contributed by atoms with van der Waals surface area (Å²) in [5.41, 5.74) is 1.80. The number of aryl methyl sites for hydroxylation is 1. The molecule has 1 saturated carbocycles. The average Bonchev–Trinajstić information content (AvgIpc) is 3.59. The summed E-state index contributed by atoms with van der Waals surface area (Å²) in [4.78, 5) is 19.3. The van der Waals surface area contributed by atoms with Crippen molar-refractivity contribution in [2.24, 2.45) is 5.41 Å². The number of phenols is 1. The van der Waals surface area contributed by atoms with E-state index in [0.717, 1.165) is 80.7 Å². The Kier molecular flexibility index (Phi) is 11.6. The van der Waals surface area contributed by atoms with Crippen LogP contribution in [0.3, 0.4) is 0 Å². The first kappa shape index (κ1) is 37.7. The first-order valence-electron chi connectivity index (χ1n) is 19.8. The number of aromatic nitrogens is 3. The molecule has 2 N–H and O–H groups in total. The molecule has 53 heavy (non-hydrogen) atoms. The lowest BCUT2D eigenvalue weighted by atomic mass is 9.74. The fourth-order valence-electron chi connectivity index (χ4n) is 9.65. The number of phenolic OH excluding ortho intramolecular Hbond substituents is 1. The van der Waals surface area contributed by atoms with Crippen LogP contribution in [0.2, 0.25) is 0 Å². The van der Waals surface area contributed by atoms with Gasteiger partial charge in [0.25, 0.3) is 0 Å². The molecule has 4 aromatic rings. The van der Waals surface area contributed by atoms with Crippen molar-refractivity contribution < 1.29 is 28.8 Å². The largest absolute Gasteiger partial charge is 0.508 e. The zero-order chi connectivity index (χ0) is 37.1. The van der Waals surface area contributed by atoms with Crippen LogP contribution in [0.5, 0.6) is 11.8 Å². The van der Waals surface area contributed by atoms with Crippen molar-refractivity contribution in [1.82, 2.24) is 19.9 Å². The minimum atomic E-state index is -0.578. The average molecular weight is 730 g/mol. The van der Waals surface area contributed by atoms with E-state index in [1.165, 1.54) is 0 Å². The molecule has 3 aliphatic rings. The van der Waals surface area contributed by atoms with Crippen molar-refractivity contribution in [2.45, 2.75) is 110 Å². The van der Waals surface area contributed by atoms with Gasteiger partial charge in [-0.1, -0.05) is 38.5 Å². The third-order valence-corrected chi connectivity index (χ3v) is 11.8. The molecule has 4 atom stereocenters. The van der Waals surface area contributed by atoms with E-state index < -0.39 is 5.82 Å². The number of aliphatic hydroxyl groups excluding tert-OH is 1. The number of aromatic hydroxyl groups is 1. The lowest BCUT2D eigenvalue weighted by molar-refractivity contribution is -0.0967. The zero-order valence-electron chi connectivity index (χ0n) is 31.8. The zero-order valence-corrected chi connectivity index (χ0v) is 31.8. The van der Waals surface area contributed by atoms with Gasteiger partial charge in [0.1, 0.15) is 22.8 Å². The Balaban J connectivity index is 1.28. The number of halogens is 1. The van der Waals surface area contributed by atoms with Crippen molar-refractivity contribution in [3.05, 3.63) is 47.9 Å². The molecule has 0 radical (unpaired) electrons. The van der Waals surface area contributed by atoms with Gasteiger partial charge in [-0.25, -0.2) is 4.39 Å². The number of fused-ring (bicyclic) bond motifs is 3. The predicted molar refractivity (Wildman–Crippen MR) is 206 cm³/mol. The minimum Gasteiger partial charge on any atom is -0.508 e. The molecule has 1 aliphatic carbocycles. The van der Waals surface area contributed by atoms with Crippen LogP contribution in [-0.2, 0) is 15.9 Å². The molecular formula is C42H56FN5O5. The van der Waals surface area contributed by atoms with Gasteiger partial charge in [0, 0.05) is 42.3 Å². The Hall–Kier alpha value is -3.64. The number of hydrogen-bond donors (Lipinski definition) is 2. The molecule has 4 heterocycles. The molecule has 7 rings (SSSR count).